The van der Waals surface area contributed by atoms with Gasteiger partial charge in [-0.15, -0.1) is 11.3 Å². The summed E-state index contributed by atoms with van der Waals surface area (Å²) in [5, 5.41) is 3.49. The Morgan fingerprint density at radius 2 is 2.14 bits per heavy atom. The molecule has 112 valence electrons. The minimum absolute atomic E-state index is 0.0116. The van der Waals surface area contributed by atoms with Gasteiger partial charge in [0.25, 0.3) is 0 Å². The highest BCUT2D eigenvalue weighted by molar-refractivity contribution is 7.18. The van der Waals surface area contributed by atoms with Crippen molar-refractivity contribution in [2.75, 3.05) is 6.54 Å². The van der Waals surface area contributed by atoms with Crippen molar-refractivity contribution in [1.29, 1.82) is 0 Å². The molecule has 0 aliphatic heterocycles. The highest BCUT2D eigenvalue weighted by Gasteiger charge is 2.13. The van der Waals surface area contributed by atoms with Crippen molar-refractivity contribution in [3.05, 3.63) is 28.8 Å². The smallest absolute Gasteiger partial charge is 0.223 e. The van der Waals surface area contributed by atoms with Gasteiger partial charge in [0.15, 0.2) is 5.78 Å². The van der Waals surface area contributed by atoms with Crippen LogP contribution in [0.15, 0.2) is 18.2 Å². The van der Waals surface area contributed by atoms with Crippen molar-refractivity contribution in [1.82, 2.24) is 10.3 Å². The second-order valence-electron chi connectivity index (χ2n) is 5.32. The van der Waals surface area contributed by atoms with Gasteiger partial charge in [-0.2, -0.15) is 0 Å². The summed E-state index contributed by atoms with van der Waals surface area (Å²) in [4.78, 5) is 28.0. The molecule has 5 heteroatoms. The summed E-state index contributed by atoms with van der Waals surface area (Å²) in [6.07, 6.45) is 1.05. The Balaban J connectivity index is 1.93. The number of rotatable bonds is 6. The number of hydrogen-bond acceptors (Lipinski definition) is 4. The Morgan fingerprint density at radius 1 is 1.38 bits per heavy atom. The number of amides is 1. The fraction of sp³-hybridized carbons (Fsp3) is 0.438. The first kappa shape index (κ1) is 15.6. The predicted octanol–water partition coefficient (Wildman–Crippen LogP) is 2.88. The van der Waals surface area contributed by atoms with Gasteiger partial charge in [0, 0.05) is 5.92 Å². The number of benzene rings is 1. The lowest BCUT2D eigenvalue weighted by atomic mass is 10.1. The van der Waals surface area contributed by atoms with E-state index in [1.165, 1.54) is 5.56 Å². The topological polar surface area (TPSA) is 59.1 Å². The lowest BCUT2D eigenvalue weighted by molar-refractivity contribution is -0.127. The maximum atomic E-state index is 11.9. The molecular weight excluding hydrogens is 284 g/mol. The van der Waals surface area contributed by atoms with Crippen LogP contribution in [-0.4, -0.2) is 23.2 Å². The number of thiazole rings is 1. The van der Waals surface area contributed by atoms with Gasteiger partial charge in [0.05, 0.1) is 23.2 Å². The van der Waals surface area contributed by atoms with E-state index in [-0.39, 0.29) is 30.6 Å². The average Bonchev–Trinajstić information content (AvgIpc) is 2.84. The molecule has 0 aliphatic carbocycles. The Labute approximate surface area is 128 Å². The molecule has 0 bridgehead atoms. The van der Waals surface area contributed by atoms with Crippen LogP contribution in [0.25, 0.3) is 10.2 Å². The standard InChI is InChI=1S/C16H20N2O2S/c1-4-11(3)16(20)17-9-12(19)8-15-18-13-6-5-10(2)7-14(13)21-15/h5-7,11H,4,8-9H2,1-3H3,(H,17,20)/t11-/m1/s1. The third kappa shape index (κ3) is 4.11. The zero-order valence-electron chi connectivity index (χ0n) is 12.6. The number of aryl methyl sites for hydroxylation is 1. The van der Waals surface area contributed by atoms with Gasteiger partial charge < -0.3 is 5.32 Å². The molecule has 1 amide bonds. The summed E-state index contributed by atoms with van der Waals surface area (Å²) >= 11 is 1.54. The number of carbonyl (C=O) groups is 2. The maximum absolute atomic E-state index is 11.9. The van der Waals surface area contributed by atoms with E-state index in [2.05, 4.69) is 16.4 Å². The lowest BCUT2D eigenvalue weighted by Gasteiger charge is -2.08. The molecule has 1 aromatic heterocycles. The molecule has 1 atom stereocenters. The summed E-state index contributed by atoms with van der Waals surface area (Å²) in [5.74, 6) is -0.128. The Kier molecular flexibility index (Phi) is 5.07. The van der Waals surface area contributed by atoms with Crippen LogP contribution in [0.2, 0.25) is 0 Å². The lowest BCUT2D eigenvalue weighted by Crippen LogP contribution is -2.33. The van der Waals surface area contributed by atoms with Crippen LogP contribution in [0.5, 0.6) is 0 Å². The van der Waals surface area contributed by atoms with Crippen molar-refractivity contribution in [3.63, 3.8) is 0 Å². The molecule has 0 saturated carbocycles. The molecular formula is C16H20N2O2S. The van der Waals surface area contributed by atoms with Crippen LogP contribution in [0.4, 0.5) is 0 Å². The fourth-order valence-corrected chi connectivity index (χ4v) is 3.03. The van der Waals surface area contributed by atoms with Crippen molar-refractivity contribution in [2.24, 2.45) is 5.92 Å². The third-order valence-electron chi connectivity index (χ3n) is 3.46. The number of aromatic nitrogens is 1. The van der Waals surface area contributed by atoms with Crippen molar-refractivity contribution in [2.45, 2.75) is 33.6 Å². The van der Waals surface area contributed by atoms with E-state index in [0.29, 0.717) is 0 Å². The van der Waals surface area contributed by atoms with E-state index in [0.717, 1.165) is 21.6 Å². The summed E-state index contributed by atoms with van der Waals surface area (Å²) in [7, 11) is 0. The van der Waals surface area contributed by atoms with Gasteiger partial charge in [-0.3, -0.25) is 9.59 Å². The first-order chi connectivity index (χ1) is 9.99. The number of nitrogens with zero attached hydrogens (tertiary/aromatic N) is 1. The van der Waals surface area contributed by atoms with Gasteiger partial charge in [-0.05, 0) is 31.0 Å². The van der Waals surface area contributed by atoms with Gasteiger partial charge >= 0.3 is 0 Å². The summed E-state index contributed by atoms with van der Waals surface area (Å²) in [5.41, 5.74) is 2.11. The van der Waals surface area contributed by atoms with E-state index in [9.17, 15) is 9.59 Å². The van der Waals surface area contributed by atoms with Crippen LogP contribution in [-0.2, 0) is 16.0 Å². The molecule has 1 N–H and O–H groups in total. The van der Waals surface area contributed by atoms with Gasteiger partial charge in [0.2, 0.25) is 5.91 Å². The van der Waals surface area contributed by atoms with Crippen LogP contribution in [0.3, 0.4) is 0 Å². The van der Waals surface area contributed by atoms with Gasteiger partial charge in [-0.25, -0.2) is 4.98 Å². The van der Waals surface area contributed by atoms with E-state index >= 15 is 0 Å². The van der Waals surface area contributed by atoms with Crippen molar-refractivity contribution < 1.29 is 9.59 Å². The minimum Gasteiger partial charge on any atom is -0.349 e. The van der Waals surface area contributed by atoms with E-state index < -0.39 is 0 Å². The zero-order chi connectivity index (χ0) is 15.4. The molecule has 0 aliphatic rings. The van der Waals surface area contributed by atoms with E-state index in [4.69, 9.17) is 0 Å². The normalized spacial score (nSPS) is 12.3. The molecule has 2 rings (SSSR count). The van der Waals surface area contributed by atoms with Crippen molar-refractivity contribution in [3.8, 4) is 0 Å². The number of carbonyl (C=O) groups excluding carboxylic acids is 2. The molecule has 0 saturated heterocycles. The van der Waals surface area contributed by atoms with Gasteiger partial charge in [0.1, 0.15) is 5.01 Å². The van der Waals surface area contributed by atoms with E-state index in [1.807, 2.05) is 32.9 Å². The monoisotopic (exact) mass is 304 g/mol. The summed E-state index contributed by atoms with van der Waals surface area (Å²) < 4.78 is 1.10. The SMILES string of the molecule is CC[C@@H](C)C(=O)NCC(=O)Cc1nc2ccc(C)cc2s1. The highest BCUT2D eigenvalue weighted by atomic mass is 32.1. The Morgan fingerprint density at radius 3 is 2.86 bits per heavy atom. The molecule has 2 aromatic rings. The van der Waals surface area contributed by atoms with Crippen LogP contribution >= 0.6 is 11.3 Å². The Bertz CT molecular complexity index is 663. The molecule has 4 nitrogen and oxygen atoms in total. The quantitative estimate of drug-likeness (QED) is 0.892. The average molecular weight is 304 g/mol. The molecule has 1 aromatic carbocycles. The number of Topliss-reactive ketones (excluding diaryl/α,β-unsaturated/α-hetero) is 1. The molecule has 0 radical (unpaired) electrons. The first-order valence-corrected chi connectivity index (χ1v) is 7.96. The fourth-order valence-electron chi connectivity index (χ4n) is 1.93. The maximum Gasteiger partial charge on any atom is 0.223 e. The second-order valence-corrected chi connectivity index (χ2v) is 6.44. The third-order valence-corrected chi connectivity index (χ3v) is 4.47. The molecule has 21 heavy (non-hydrogen) atoms. The highest BCUT2D eigenvalue weighted by Crippen LogP contribution is 2.23. The molecule has 0 spiro atoms. The minimum atomic E-state index is -0.0641. The summed E-state index contributed by atoms with van der Waals surface area (Å²) in [6.45, 7) is 5.93. The van der Waals surface area contributed by atoms with E-state index in [1.54, 1.807) is 11.3 Å². The molecule has 0 unspecified atom stereocenters. The van der Waals surface area contributed by atoms with Crippen LogP contribution in [0, 0.1) is 12.8 Å². The molecule has 0 fully saturated rings. The van der Waals surface area contributed by atoms with Crippen LogP contribution < -0.4 is 5.32 Å². The number of hydrogen-bond donors (Lipinski definition) is 1. The van der Waals surface area contributed by atoms with Crippen molar-refractivity contribution >= 4 is 33.2 Å². The van der Waals surface area contributed by atoms with Gasteiger partial charge in [-0.1, -0.05) is 19.9 Å². The number of fused-ring (bicyclic) bond motifs is 1. The number of nitrogens with one attached hydrogen (secondary N) is 1. The number of ketones is 1. The Hall–Kier alpha value is -1.75. The second kappa shape index (κ2) is 6.80. The summed E-state index contributed by atoms with van der Waals surface area (Å²) in [6, 6.07) is 6.06. The molecule has 1 heterocycles. The zero-order valence-corrected chi connectivity index (χ0v) is 13.4. The largest absolute Gasteiger partial charge is 0.349 e. The predicted molar refractivity (Wildman–Crippen MR) is 85.5 cm³/mol. The first-order valence-electron chi connectivity index (χ1n) is 7.15. The van der Waals surface area contributed by atoms with Crippen LogP contribution in [0.1, 0.15) is 30.8 Å².